The Balaban J connectivity index is 0. The molecule has 0 N–H and O–H groups in total. The van der Waals surface area contributed by atoms with E-state index in [-0.39, 0.29) is 42.4 Å². The fourth-order valence-electron chi connectivity index (χ4n) is 2.55. The Kier molecular flexibility index (Phi) is 7.97. The molecule has 1 radical (unpaired) electrons. The maximum Gasteiger partial charge on any atom is 1.00 e. The summed E-state index contributed by atoms with van der Waals surface area (Å²) >= 11 is 0. The molecule has 1 atom stereocenters. The van der Waals surface area contributed by atoms with Gasteiger partial charge in [-0.2, -0.15) is 0 Å². The quantitative estimate of drug-likeness (QED) is 0.597. The Morgan fingerprint density at radius 1 is 1.10 bits per heavy atom. The van der Waals surface area contributed by atoms with Crippen LogP contribution in [0.15, 0.2) is 36.0 Å². The number of rotatable bonds is 3. The van der Waals surface area contributed by atoms with Crippen molar-refractivity contribution in [1.29, 1.82) is 0 Å². The van der Waals surface area contributed by atoms with Crippen LogP contribution in [0.1, 0.15) is 40.9 Å². The van der Waals surface area contributed by atoms with Crippen LogP contribution >= 0.6 is 0 Å². The minimum atomic E-state index is 0. The molecule has 117 valence electrons. The van der Waals surface area contributed by atoms with Crippen molar-refractivity contribution in [2.45, 2.75) is 39.9 Å². The van der Waals surface area contributed by atoms with Crippen molar-refractivity contribution < 1.29 is 36.2 Å². The third kappa shape index (κ3) is 3.82. The van der Waals surface area contributed by atoms with Crippen LogP contribution in [0.25, 0.3) is 0 Å². The minimum Gasteiger partial charge on any atom is -1.00 e. The van der Waals surface area contributed by atoms with Gasteiger partial charge in [0.2, 0.25) is 0 Å². The van der Waals surface area contributed by atoms with Crippen LogP contribution in [0.2, 0.25) is 0 Å². The molecule has 1 aliphatic rings. The van der Waals surface area contributed by atoms with Crippen molar-refractivity contribution in [3.8, 4) is 0 Å². The molecule has 1 aromatic carbocycles. The van der Waals surface area contributed by atoms with E-state index in [2.05, 4.69) is 81.1 Å². The van der Waals surface area contributed by atoms with Crippen LogP contribution in [-0.2, 0) is 22.4 Å². The SMILES string of the molecule is CC(C)C1=[C]N(C(C)C)C(c2ccccc2)N1C.[Au+].[Cl-].[HH]. The van der Waals surface area contributed by atoms with Gasteiger partial charge in [0, 0.05) is 20.2 Å². The van der Waals surface area contributed by atoms with E-state index in [1.807, 2.05) is 0 Å². The summed E-state index contributed by atoms with van der Waals surface area (Å²) < 4.78 is 0. The Hall–Kier alpha value is -0.410. The van der Waals surface area contributed by atoms with Crippen molar-refractivity contribution in [1.82, 2.24) is 9.80 Å². The van der Waals surface area contributed by atoms with E-state index in [1.54, 1.807) is 0 Å². The molecule has 0 bridgehead atoms. The first-order valence-corrected chi connectivity index (χ1v) is 6.72. The fraction of sp³-hybridized carbons (Fsp3) is 0.500. The van der Waals surface area contributed by atoms with E-state index in [9.17, 15) is 0 Å². The van der Waals surface area contributed by atoms with E-state index in [4.69, 9.17) is 0 Å². The molecule has 0 amide bonds. The predicted molar refractivity (Wildman–Crippen MR) is 77.6 cm³/mol. The summed E-state index contributed by atoms with van der Waals surface area (Å²) in [6.45, 7) is 8.90. The number of nitrogens with zero attached hydrogens (tertiary/aromatic N) is 2. The molecule has 0 aromatic heterocycles. The summed E-state index contributed by atoms with van der Waals surface area (Å²) in [6, 6.07) is 11.1. The Bertz CT molecular complexity index is 437. The van der Waals surface area contributed by atoms with Gasteiger partial charge in [0.15, 0.2) is 0 Å². The Morgan fingerprint density at radius 3 is 2.10 bits per heavy atom. The second-order valence-corrected chi connectivity index (χ2v) is 5.55. The third-order valence-corrected chi connectivity index (χ3v) is 3.45. The van der Waals surface area contributed by atoms with E-state index in [0.29, 0.717) is 12.0 Å². The van der Waals surface area contributed by atoms with Gasteiger partial charge in [-0.05, 0) is 25.3 Å². The predicted octanol–water partition coefficient (Wildman–Crippen LogP) is 0.889. The van der Waals surface area contributed by atoms with Crippen molar-refractivity contribution >= 4 is 0 Å². The molecule has 2 nitrogen and oxygen atoms in total. The molecular formula is C16H25AuClN2. The molecule has 0 aliphatic carbocycles. The molecule has 0 spiro atoms. The molecule has 20 heavy (non-hydrogen) atoms. The summed E-state index contributed by atoms with van der Waals surface area (Å²) in [5.74, 6) is 0.505. The standard InChI is InChI=1S/C16H23N2.Au.ClH.H2/c1-12(2)15-11-18(13(3)4)16(17(15)5)14-9-7-6-8-10-14;;;/h6-10,12-13,16H,1-5H3;;2*1H/q;+1;;/p-1. The first kappa shape index (κ1) is 19.6. The zero-order valence-electron chi connectivity index (χ0n) is 12.7. The summed E-state index contributed by atoms with van der Waals surface area (Å²) in [5, 5.41) is 0. The zero-order valence-corrected chi connectivity index (χ0v) is 15.6. The number of benzene rings is 1. The number of hydrogen-bond donors (Lipinski definition) is 0. The van der Waals surface area contributed by atoms with Gasteiger partial charge in [-0.15, -0.1) is 0 Å². The van der Waals surface area contributed by atoms with Crippen molar-refractivity contribution in [2.24, 2.45) is 5.92 Å². The van der Waals surface area contributed by atoms with Crippen LogP contribution in [0, 0.1) is 12.1 Å². The van der Waals surface area contributed by atoms with Gasteiger partial charge in [0.05, 0.1) is 6.20 Å². The van der Waals surface area contributed by atoms with Crippen LogP contribution in [0.3, 0.4) is 0 Å². The summed E-state index contributed by atoms with van der Waals surface area (Å²) in [6.07, 6.45) is 3.85. The normalized spacial score (nSPS) is 17.9. The molecule has 1 heterocycles. The topological polar surface area (TPSA) is 6.48 Å². The van der Waals surface area contributed by atoms with Gasteiger partial charge in [-0.1, -0.05) is 44.2 Å². The van der Waals surface area contributed by atoms with Crippen LogP contribution < -0.4 is 12.4 Å². The van der Waals surface area contributed by atoms with Gasteiger partial charge >= 0.3 is 22.4 Å². The van der Waals surface area contributed by atoms with E-state index < -0.39 is 0 Å². The van der Waals surface area contributed by atoms with E-state index >= 15 is 0 Å². The van der Waals surface area contributed by atoms with Gasteiger partial charge in [0.25, 0.3) is 0 Å². The summed E-state index contributed by atoms with van der Waals surface area (Å²) in [4.78, 5) is 4.67. The van der Waals surface area contributed by atoms with Crippen LogP contribution in [0.5, 0.6) is 0 Å². The third-order valence-electron chi connectivity index (χ3n) is 3.45. The second kappa shape index (κ2) is 8.14. The number of hydrogen-bond acceptors (Lipinski definition) is 2. The van der Waals surface area contributed by atoms with Gasteiger partial charge in [-0.25, -0.2) is 0 Å². The zero-order chi connectivity index (χ0) is 13.3. The van der Waals surface area contributed by atoms with Gasteiger partial charge in [0.1, 0.15) is 6.17 Å². The molecule has 1 aromatic rings. The summed E-state index contributed by atoms with van der Waals surface area (Å²) in [7, 11) is 2.17. The van der Waals surface area contributed by atoms with E-state index in [0.717, 1.165) is 0 Å². The molecule has 0 saturated carbocycles. The van der Waals surface area contributed by atoms with Crippen molar-refractivity contribution in [3.63, 3.8) is 0 Å². The average molecular weight is 478 g/mol. The Labute approximate surface area is 146 Å². The van der Waals surface area contributed by atoms with Gasteiger partial charge < -0.3 is 22.2 Å². The van der Waals surface area contributed by atoms with Crippen molar-refractivity contribution in [2.75, 3.05) is 7.05 Å². The first-order valence-electron chi connectivity index (χ1n) is 6.72. The average Bonchev–Trinajstić information content (AvgIpc) is 2.68. The second-order valence-electron chi connectivity index (χ2n) is 5.55. The first-order chi connectivity index (χ1) is 8.52. The van der Waals surface area contributed by atoms with Crippen LogP contribution in [-0.4, -0.2) is 22.9 Å². The van der Waals surface area contributed by atoms with E-state index in [1.165, 1.54) is 11.3 Å². The summed E-state index contributed by atoms with van der Waals surface area (Å²) in [5.41, 5.74) is 2.62. The molecule has 1 unspecified atom stereocenters. The molecule has 0 fully saturated rings. The van der Waals surface area contributed by atoms with Gasteiger partial charge in [-0.3, -0.25) is 0 Å². The fourth-order valence-corrected chi connectivity index (χ4v) is 2.55. The maximum absolute atomic E-state index is 3.56. The molecule has 1 aliphatic heterocycles. The number of halogens is 1. The molecule has 4 heteroatoms. The molecule has 2 rings (SSSR count). The largest absolute Gasteiger partial charge is 1.00 e. The van der Waals surface area contributed by atoms with Crippen molar-refractivity contribution in [3.05, 3.63) is 47.8 Å². The molecule has 0 saturated heterocycles. The minimum absolute atomic E-state index is 0. The number of allylic oxidation sites excluding steroid dienone is 1. The smallest absolute Gasteiger partial charge is 1.00 e. The Morgan fingerprint density at radius 2 is 1.65 bits per heavy atom. The maximum atomic E-state index is 3.56. The molecular weight excluding hydrogens is 453 g/mol. The van der Waals surface area contributed by atoms with Crippen LogP contribution in [0.4, 0.5) is 0 Å². The monoisotopic (exact) mass is 477 g/mol.